The highest BCUT2D eigenvalue weighted by atomic mass is 16.6. The smallest absolute Gasteiger partial charge is 0.407 e. The van der Waals surface area contributed by atoms with Crippen molar-refractivity contribution in [3.8, 4) is 0 Å². The second-order valence-corrected chi connectivity index (χ2v) is 3.36. The maximum atomic E-state index is 10.7. The van der Waals surface area contributed by atoms with Crippen LogP contribution in [-0.2, 0) is 14.3 Å². The van der Waals surface area contributed by atoms with Gasteiger partial charge in [-0.15, -0.1) is 0 Å². The molecule has 1 aliphatic rings. The Hall–Kier alpha value is -1.30. The number of amides is 1. The van der Waals surface area contributed by atoms with Crippen LogP contribution in [0.4, 0.5) is 4.79 Å². The third-order valence-electron chi connectivity index (χ3n) is 2.38. The monoisotopic (exact) mass is 217 g/mol. The molecule has 1 amide bonds. The summed E-state index contributed by atoms with van der Waals surface area (Å²) in [6.07, 6.45) is 0.700. The Morgan fingerprint density at radius 3 is 2.87 bits per heavy atom. The molecule has 0 aromatic carbocycles. The topological polar surface area (TPSA) is 76.1 Å². The van der Waals surface area contributed by atoms with E-state index in [1.54, 1.807) is 0 Å². The van der Waals surface area contributed by atoms with E-state index < -0.39 is 12.1 Å². The average molecular weight is 217 g/mol. The van der Waals surface area contributed by atoms with Crippen molar-refractivity contribution < 1.29 is 24.2 Å². The van der Waals surface area contributed by atoms with Crippen LogP contribution in [0, 0.1) is 0 Å². The Labute approximate surface area is 87.8 Å². The average Bonchev–Trinajstić information content (AvgIpc) is 2.65. The van der Waals surface area contributed by atoms with Gasteiger partial charge < -0.3 is 19.5 Å². The Bertz CT molecular complexity index is 243. The number of carboxylic acid groups (broad SMARTS) is 1. The second kappa shape index (κ2) is 5.55. The molecular weight excluding hydrogens is 202 g/mol. The molecule has 1 fully saturated rings. The van der Waals surface area contributed by atoms with Gasteiger partial charge in [-0.1, -0.05) is 0 Å². The largest absolute Gasteiger partial charge is 0.467 e. The first kappa shape index (κ1) is 11.8. The van der Waals surface area contributed by atoms with Gasteiger partial charge in [0.2, 0.25) is 0 Å². The molecule has 0 saturated carbocycles. The molecule has 0 radical (unpaired) electrons. The SMILES string of the molecule is COC(=O)COC[C@@H]1CCCN1C(=O)O. The minimum absolute atomic E-state index is 0.125. The zero-order valence-electron chi connectivity index (χ0n) is 8.64. The van der Waals surface area contributed by atoms with Gasteiger partial charge in [-0.05, 0) is 12.8 Å². The third kappa shape index (κ3) is 3.39. The van der Waals surface area contributed by atoms with E-state index in [1.807, 2.05) is 0 Å². The van der Waals surface area contributed by atoms with Crippen molar-refractivity contribution in [2.45, 2.75) is 18.9 Å². The lowest BCUT2D eigenvalue weighted by Crippen LogP contribution is -2.37. The molecule has 0 bridgehead atoms. The number of carbonyl (C=O) groups is 2. The summed E-state index contributed by atoms with van der Waals surface area (Å²) in [4.78, 5) is 22.8. The van der Waals surface area contributed by atoms with Crippen molar-refractivity contribution in [2.24, 2.45) is 0 Å². The summed E-state index contributed by atoms with van der Waals surface area (Å²) in [6, 6.07) is -0.132. The maximum absolute atomic E-state index is 10.7. The van der Waals surface area contributed by atoms with E-state index in [4.69, 9.17) is 9.84 Å². The number of likely N-dealkylation sites (tertiary alicyclic amines) is 1. The van der Waals surface area contributed by atoms with Gasteiger partial charge in [0, 0.05) is 6.54 Å². The van der Waals surface area contributed by atoms with E-state index in [1.165, 1.54) is 12.0 Å². The van der Waals surface area contributed by atoms with E-state index in [2.05, 4.69) is 4.74 Å². The Morgan fingerprint density at radius 2 is 2.27 bits per heavy atom. The number of methoxy groups -OCH3 is 1. The third-order valence-corrected chi connectivity index (χ3v) is 2.38. The molecule has 0 unspecified atom stereocenters. The highest BCUT2D eigenvalue weighted by Gasteiger charge is 2.28. The van der Waals surface area contributed by atoms with Crippen LogP contribution in [0.1, 0.15) is 12.8 Å². The quantitative estimate of drug-likeness (QED) is 0.686. The normalized spacial score (nSPS) is 20.3. The molecule has 15 heavy (non-hydrogen) atoms. The summed E-state index contributed by atoms with van der Waals surface area (Å²) in [7, 11) is 1.28. The zero-order valence-corrected chi connectivity index (χ0v) is 8.64. The van der Waals surface area contributed by atoms with Crippen molar-refractivity contribution in [1.29, 1.82) is 0 Å². The summed E-state index contributed by atoms with van der Waals surface area (Å²) in [5.41, 5.74) is 0. The van der Waals surface area contributed by atoms with Gasteiger partial charge >= 0.3 is 12.1 Å². The second-order valence-electron chi connectivity index (χ2n) is 3.36. The van der Waals surface area contributed by atoms with Crippen molar-refractivity contribution in [1.82, 2.24) is 4.90 Å². The summed E-state index contributed by atoms with van der Waals surface area (Å²) < 4.78 is 9.47. The number of hydrogen-bond acceptors (Lipinski definition) is 4. The Kier molecular flexibility index (Phi) is 4.36. The molecule has 6 heteroatoms. The van der Waals surface area contributed by atoms with Gasteiger partial charge in [-0.2, -0.15) is 0 Å². The molecule has 1 rings (SSSR count). The molecule has 6 nitrogen and oxygen atoms in total. The lowest BCUT2D eigenvalue weighted by Gasteiger charge is -2.20. The zero-order chi connectivity index (χ0) is 11.3. The molecule has 0 aliphatic carbocycles. The van der Waals surface area contributed by atoms with E-state index in [-0.39, 0.29) is 19.3 Å². The minimum Gasteiger partial charge on any atom is -0.467 e. The van der Waals surface area contributed by atoms with Gasteiger partial charge in [-0.3, -0.25) is 0 Å². The predicted molar refractivity (Wildman–Crippen MR) is 50.6 cm³/mol. The van der Waals surface area contributed by atoms with Gasteiger partial charge in [-0.25, -0.2) is 9.59 Å². The lowest BCUT2D eigenvalue weighted by molar-refractivity contribution is -0.146. The van der Waals surface area contributed by atoms with Gasteiger partial charge in [0.05, 0.1) is 19.8 Å². The Morgan fingerprint density at radius 1 is 1.53 bits per heavy atom. The summed E-state index contributed by atoms with van der Waals surface area (Å²) in [6.45, 7) is 0.670. The predicted octanol–water partition coefficient (Wildman–Crippen LogP) is 0.318. The standard InChI is InChI=1S/C9H15NO5/c1-14-8(11)6-15-5-7-3-2-4-10(7)9(12)13/h7H,2-6H2,1H3,(H,12,13)/t7-/m0/s1. The first-order valence-corrected chi connectivity index (χ1v) is 4.79. The van der Waals surface area contributed by atoms with Crippen molar-refractivity contribution in [2.75, 3.05) is 26.9 Å². The first-order valence-electron chi connectivity index (χ1n) is 4.79. The van der Waals surface area contributed by atoms with Crippen LogP contribution in [0.5, 0.6) is 0 Å². The highest BCUT2D eigenvalue weighted by Crippen LogP contribution is 2.17. The van der Waals surface area contributed by atoms with Gasteiger partial charge in [0.1, 0.15) is 6.61 Å². The van der Waals surface area contributed by atoms with E-state index in [0.29, 0.717) is 6.54 Å². The van der Waals surface area contributed by atoms with E-state index >= 15 is 0 Å². The number of carbonyl (C=O) groups excluding carboxylic acids is 1. The molecule has 86 valence electrons. The molecule has 0 spiro atoms. The van der Waals surface area contributed by atoms with Crippen molar-refractivity contribution in [3.05, 3.63) is 0 Å². The van der Waals surface area contributed by atoms with Gasteiger partial charge in [0.25, 0.3) is 0 Å². The number of esters is 1. The van der Waals surface area contributed by atoms with Crippen LogP contribution in [-0.4, -0.2) is 55.0 Å². The van der Waals surface area contributed by atoms with Crippen LogP contribution >= 0.6 is 0 Å². The number of hydrogen-bond donors (Lipinski definition) is 1. The molecule has 0 aromatic heterocycles. The maximum Gasteiger partial charge on any atom is 0.407 e. The number of nitrogens with zero attached hydrogens (tertiary/aromatic N) is 1. The number of ether oxygens (including phenoxy) is 2. The van der Waals surface area contributed by atoms with Crippen LogP contribution in [0.2, 0.25) is 0 Å². The summed E-state index contributed by atoms with van der Waals surface area (Å²) in [5, 5.41) is 8.82. The van der Waals surface area contributed by atoms with Crippen LogP contribution in [0.15, 0.2) is 0 Å². The fourth-order valence-electron chi connectivity index (χ4n) is 1.60. The van der Waals surface area contributed by atoms with E-state index in [9.17, 15) is 9.59 Å². The fraction of sp³-hybridized carbons (Fsp3) is 0.778. The first-order chi connectivity index (χ1) is 7.15. The molecule has 1 N–H and O–H groups in total. The highest BCUT2D eigenvalue weighted by molar-refractivity contribution is 5.70. The van der Waals surface area contributed by atoms with Crippen LogP contribution in [0.3, 0.4) is 0 Å². The minimum atomic E-state index is -0.931. The molecule has 1 heterocycles. The van der Waals surface area contributed by atoms with Crippen LogP contribution in [0.25, 0.3) is 0 Å². The Balaban J connectivity index is 2.26. The van der Waals surface area contributed by atoms with Crippen molar-refractivity contribution in [3.63, 3.8) is 0 Å². The molecular formula is C9H15NO5. The molecule has 1 aliphatic heterocycles. The van der Waals surface area contributed by atoms with Crippen molar-refractivity contribution >= 4 is 12.1 Å². The fourth-order valence-corrected chi connectivity index (χ4v) is 1.60. The molecule has 1 atom stereocenters. The van der Waals surface area contributed by atoms with Crippen LogP contribution < -0.4 is 0 Å². The molecule has 0 aromatic rings. The summed E-state index contributed by atoms with van der Waals surface area (Å²) >= 11 is 0. The van der Waals surface area contributed by atoms with Gasteiger partial charge in [0.15, 0.2) is 0 Å². The van der Waals surface area contributed by atoms with E-state index in [0.717, 1.165) is 12.8 Å². The lowest BCUT2D eigenvalue weighted by atomic mass is 10.2. The molecule has 1 saturated heterocycles. The number of rotatable bonds is 4. The summed E-state index contributed by atoms with van der Waals surface area (Å²) in [5.74, 6) is -0.449.